The van der Waals surface area contributed by atoms with Crippen LogP contribution in [0.15, 0.2) is 40.1 Å². The number of thiazole rings is 1. The van der Waals surface area contributed by atoms with Crippen LogP contribution in [0.5, 0.6) is 0 Å². The van der Waals surface area contributed by atoms with Gasteiger partial charge >= 0.3 is 0 Å². The average molecular weight is 317 g/mol. The molecule has 0 radical (unpaired) electrons. The number of halogens is 1. The molecule has 0 aliphatic carbocycles. The number of aromatic nitrogens is 1. The molecule has 0 atom stereocenters. The lowest BCUT2D eigenvalue weighted by Gasteiger charge is -2.04. The van der Waals surface area contributed by atoms with Crippen LogP contribution in [0, 0.1) is 0 Å². The molecule has 0 aliphatic rings. The van der Waals surface area contributed by atoms with Gasteiger partial charge in [-0.3, -0.25) is 4.79 Å². The Morgan fingerprint density at radius 3 is 2.53 bits per heavy atom. The Morgan fingerprint density at radius 1 is 1.32 bits per heavy atom. The topological polar surface area (TPSA) is 76.1 Å². The smallest absolute Gasteiger partial charge is 0.271 e. The zero-order valence-electron chi connectivity index (χ0n) is 9.54. The van der Waals surface area contributed by atoms with Crippen molar-refractivity contribution in [2.75, 3.05) is 0 Å². The summed E-state index contributed by atoms with van der Waals surface area (Å²) >= 11 is 1.34. The number of rotatable bonds is 4. The highest BCUT2D eigenvalue weighted by Crippen LogP contribution is 2.15. The molecule has 0 spiro atoms. The molecule has 1 aromatic heterocycles. The van der Waals surface area contributed by atoms with E-state index in [0.717, 1.165) is 5.56 Å². The van der Waals surface area contributed by atoms with E-state index in [0.29, 0.717) is 12.2 Å². The standard InChI is InChI=1S/C11H9ClN2O3S2/c12-19(16,17)9-3-1-8(2-4-9)5-13-11(15)10-6-18-7-14-10/h1-4,6-7H,5H2,(H,13,15). The van der Waals surface area contributed by atoms with Gasteiger partial charge in [-0.05, 0) is 17.7 Å². The second-order valence-electron chi connectivity index (χ2n) is 3.64. The first-order chi connectivity index (χ1) is 8.97. The summed E-state index contributed by atoms with van der Waals surface area (Å²) < 4.78 is 22.1. The Morgan fingerprint density at radius 2 is 2.00 bits per heavy atom. The fraction of sp³-hybridized carbons (Fsp3) is 0.0909. The fourth-order valence-electron chi connectivity index (χ4n) is 1.37. The van der Waals surface area contributed by atoms with Gasteiger partial charge in [-0.1, -0.05) is 12.1 Å². The molecule has 0 saturated heterocycles. The highest BCUT2D eigenvalue weighted by Gasteiger charge is 2.10. The minimum absolute atomic E-state index is 0.0312. The van der Waals surface area contributed by atoms with Crippen molar-refractivity contribution in [1.82, 2.24) is 10.3 Å². The van der Waals surface area contributed by atoms with Crippen LogP contribution < -0.4 is 5.32 Å². The molecule has 2 rings (SSSR count). The van der Waals surface area contributed by atoms with Gasteiger partial charge in [0.15, 0.2) is 0 Å². The molecule has 19 heavy (non-hydrogen) atoms. The quantitative estimate of drug-likeness (QED) is 0.875. The van der Waals surface area contributed by atoms with E-state index in [1.807, 2.05) is 0 Å². The molecule has 0 unspecified atom stereocenters. The largest absolute Gasteiger partial charge is 0.347 e. The molecule has 0 aliphatic heterocycles. The highest BCUT2D eigenvalue weighted by molar-refractivity contribution is 8.13. The van der Waals surface area contributed by atoms with E-state index < -0.39 is 9.05 Å². The summed E-state index contributed by atoms with van der Waals surface area (Å²) in [6.45, 7) is 0.291. The third-order valence-corrected chi connectivity index (χ3v) is 4.28. The molecule has 1 aromatic carbocycles. The Bertz CT molecular complexity index is 666. The molecule has 1 N–H and O–H groups in total. The molecule has 0 bridgehead atoms. The minimum atomic E-state index is -3.71. The van der Waals surface area contributed by atoms with E-state index >= 15 is 0 Å². The Hall–Kier alpha value is -1.44. The molecule has 5 nitrogen and oxygen atoms in total. The van der Waals surface area contributed by atoms with Gasteiger partial charge < -0.3 is 5.32 Å². The van der Waals surface area contributed by atoms with Crippen molar-refractivity contribution in [2.24, 2.45) is 0 Å². The zero-order valence-corrected chi connectivity index (χ0v) is 11.9. The van der Waals surface area contributed by atoms with Gasteiger partial charge in [0.05, 0.1) is 10.4 Å². The van der Waals surface area contributed by atoms with E-state index in [4.69, 9.17) is 10.7 Å². The van der Waals surface area contributed by atoms with Crippen molar-refractivity contribution in [3.8, 4) is 0 Å². The van der Waals surface area contributed by atoms with E-state index in [-0.39, 0.29) is 10.8 Å². The third kappa shape index (κ3) is 3.76. The van der Waals surface area contributed by atoms with Gasteiger partial charge in [0.1, 0.15) is 5.69 Å². The van der Waals surface area contributed by atoms with E-state index in [9.17, 15) is 13.2 Å². The summed E-state index contributed by atoms with van der Waals surface area (Å²) in [6.07, 6.45) is 0. The van der Waals surface area contributed by atoms with Gasteiger partial charge in [0.25, 0.3) is 15.0 Å². The van der Waals surface area contributed by atoms with Gasteiger partial charge in [-0.15, -0.1) is 11.3 Å². The van der Waals surface area contributed by atoms with Crippen molar-refractivity contribution in [2.45, 2.75) is 11.4 Å². The van der Waals surface area contributed by atoms with Crippen LogP contribution in [-0.2, 0) is 15.6 Å². The average Bonchev–Trinajstić information content (AvgIpc) is 2.89. The Kier molecular flexibility index (Phi) is 4.18. The summed E-state index contributed by atoms with van der Waals surface area (Å²) in [4.78, 5) is 15.5. The first kappa shape index (κ1) is 14.0. The van der Waals surface area contributed by atoms with Crippen molar-refractivity contribution in [3.05, 3.63) is 46.4 Å². The van der Waals surface area contributed by atoms with Crippen LogP contribution in [0.3, 0.4) is 0 Å². The molecule has 0 saturated carbocycles. The summed E-state index contributed by atoms with van der Waals surface area (Å²) in [7, 11) is 1.49. The number of hydrogen-bond acceptors (Lipinski definition) is 5. The number of nitrogens with zero attached hydrogens (tertiary/aromatic N) is 1. The number of carbonyl (C=O) groups is 1. The van der Waals surface area contributed by atoms with Gasteiger partial charge in [0, 0.05) is 22.6 Å². The van der Waals surface area contributed by atoms with E-state index in [1.54, 1.807) is 23.0 Å². The van der Waals surface area contributed by atoms with Crippen LogP contribution in [0.2, 0.25) is 0 Å². The van der Waals surface area contributed by atoms with Gasteiger partial charge in [-0.2, -0.15) is 0 Å². The summed E-state index contributed by atoms with van der Waals surface area (Å²) in [6, 6.07) is 5.98. The summed E-state index contributed by atoms with van der Waals surface area (Å²) in [5.74, 6) is -0.268. The van der Waals surface area contributed by atoms with Crippen LogP contribution in [0.1, 0.15) is 16.1 Å². The third-order valence-electron chi connectivity index (χ3n) is 2.32. The van der Waals surface area contributed by atoms with Gasteiger partial charge in [-0.25, -0.2) is 13.4 Å². The number of hydrogen-bond donors (Lipinski definition) is 1. The Labute approximate surface area is 118 Å². The lowest BCUT2D eigenvalue weighted by molar-refractivity contribution is 0.0946. The second-order valence-corrected chi connectivity index (χ2v) is 6.92. The second kappa shape index (κ2) is 5.68. The SMILES string of the molecule is O=C(NCc1ccc(S(=O)(=O)Cl)cc1)c1cscn1. The van der Waals surface area contributed by atoms with Crippen molar-refractivity contribution in [3.63, 3.8) is 0 Å². The highest BCUT2D eigenvalue weighted by atomic mass is 35.7. The van der Waals surface area contributed by atoms with E-state index in [1.165, 1.54) is 23.5 Å². The molecule has 2 aromatic rings. The van der Waals surface area contributed by atoms with Crippen molar-refractivity contribution < 1.29 is 13.2 Å². The molecule has 0 fully saturated rings. The molecule has 8 heteroatoms. The minimum Gasteiger partial charge on any atom is -0.347 e. The van der Waals surface area contributed by atoms with Crippen LogP contribution in [0.25, 0.3) is 0 Å². The van der Waals surface area contributed by atoms with Gasteiger partial charge in [0.2, 0.25) is 0 Å². The normalized spacial score (nSPS) is 11.2. The fourth-order valence-corrected chi connectivity index (χ4v) is 2.67. The molecule has 1 heterocycles. The number of amides is 1. The number of benzene rings is 1. The number of carbonyl (C=O) groups excluding carboxylic acids is 1. The molecule has 100 valence electrons. The first-order valence-corrected chi connectivity index (χ1v) is 8.42. The molecule has 1 amide bonds. The lowest BCUT2D eigenvalue weighted by atomic mass is 10.2. The van der Waals surface area contributed by atoms with Crippen molar-refractivity contribution >= 4 is 37.0 Å². The first-order valence-electron chi connectivity index (χ1n) is 5.17. The molecular formula is C11H9ClN2O3S2. The van der Waals surface area contributed by atoms with Crippen molar-refractivity contribution in [1.29, 1.82) is 0 Å². The molecular weight excluding hydrogens is 308 g/mol. The zero-order chi connectivity index (χ0) is 13.9. The predicted molar refractivity (Wildman–Crippen MR) is 72.8 cm³/mol. The van der Waals surface area contributed by atoms with Crippen LogP contribution in [-0.4, -0.2) is 19.3 Å². The number of nitrogens with one attached hydrogen (secondary N) is 1. The lowest BCUT2D eigenvalue weighted by Crippen LogP contribution is -2.22. The maximum atomic E-state index is 11.6. The maximum absolute atomic E-state index is 11.6. The summed E-state index contributed by atoms with van der Waals surface area (Å²) in [5, 5.41) is 4.33. The Balaban J connectivity index is 1.99. The van der Waals surface area contributed by atoms with Crippen LogP contribution in [0.4, 0.5) is 0 Å². The van der Waals surface area contributed by atoms with Crippen LogP contribution >= 0.6 is 22.0 Å². The monoisotopic (exact) mass is 316 g/mol. The predicted octanol–water partition coefficient (Wildman–Crippen LogP) is 2.00. The van der Waals surface area contributed by atoms with E-state index in [2.05, 4.69) is 10.3 Å². The summed E-state index contributed by atoms with van der Waals surface area (Å²) in [5.41, 5.74) is 2.72. The maximum Gasteiger partial charge on any atom is 0.271 e.